The van der Waals surface area contributed by atoms with E-state index in [-0.39, 0.29) is 18.0 Å². The van der Waals surface area contributed by atoms with E-state index >= 15 is 0 Å². The minimum absolute atomic E-state index is 0.146. The number of carbonyl (C=O) groups is 1. The van der Waals surface area contributed by atoms with E-state index in [0.717, 1.165) is 5.56 Å². The quantitative estimate of drug-likeness (QED) is 0.403. The molecule has 0 fully saturated rings. The van der Waals surface area contributed by atoms with Gasteiger partial charge in [0.15, 0.2) is 11.5 Å². The van der Waals surface area contributed by atoms with Crippen molar-refractivity contribution in [3.05, 3.63) is 106 Å². The van der Waals surface area contributed by atoms with Crippen LogP contribution in [0.15, 0.2) is 83.7 Å². The maximum atomic E-state index is 13.3. The molecular weight excluding hydrogens is 430 g/mol. The van der Waals surface area contributed by atoms with Gasteiger partial charge in [-0.1, -0.05) is 54.6 Å². The van der Waals surface area contributed by atoms with Gasteiger partial charge < -0.3 is 19.4 Å². The Bertz CT molecular complexity index is 1380. The van der Waals surface area contributed by atoms with Gasteiger partial charge in [-0.15, -0.1) is 0 Å². The number of hydrogen-bond acceptors (Lipinski definition) is 5. The average molecular weight is 456 g/mol. The van der Waals surface area contributed by atoms with Gasteiger partial charge in [0.05, 0.1) is 31.7 Å². The summed E-state index contributed by atoms with van der Waals surface area (Å²) in [6.45, 7) is 0.503. The highest BCUT2D eigenvalue weighted by atomic mass is 16.5. The molecule has 0 spiro atoms. The van der Waals surface area contributed by atoms with Crippen LogP contribution >= 0.6 is 0 Å². The van der Waals surface area contributed by atoms with Gasteiger partial charge in [-0.25, -0.2) is 4.98 Å². The molecule has 0 aliphatic heterocycles. The van der Waals surface area contributed by atoms with Gasteiger partial charge in [0.1, 0.15) is 5.82 Å². The van der Waals surface area contributed by atoms with E-state index in [1.807, 2.05) is 48.5 Å². The van der Waals surface area contributed by atoms with Crippen LogP contribution in [0.25, 0.3) is 17.0 Å². The number of hydrogen-bond donors (Lipinski definition) is 1. The number of H-pyrrole nitrogens is 1. The lowest BCUT2D eigenvalue weighted by Crippen LogP contribution is -2.30. The van der Waals surface area contributed by atoms with Crippen molar-refractivity contribution in [3.8, 4) is 11.5 Å². The lowest BCUT2D eigenvalue weighted by molar-refractivity contribution is -0.127. The second kappa shape index (κ2) is 10.5. The third kappa shape index (κ3) is 5.15. The number of methoxy groups -OCH3 is 2. The number of aromatic amines is 1. The summed E-state index contributed by atoms with van der Waals surface area (Å²) < 4.78 is 10.8. The monoisotopic (exact) mass is 455 g/mol. The molecular formula is C27H25N3O4. The van der Waals surface area contributed by atoms with Crippen LogP contribution in [0.5, 0.6) is 11.5 Å². The predicted octanol–water partition coefficient (Wildman–Crippen LogP) is 4.18. The fraction of sp³-hybridized carbons (Fsp3) is 0.148. The minimum atomic E-state index is -0.232. The second-order valence-corrected chi connectivity index (χ2v) is 7.63. The molecule has 4 rings (SSSR count). The summed E-state index contributed by atoms with van der Waals surface area (Å²) in [6.07, 6.45) is 3.18. The van der Waals surface area contributed by atoms with Gasteiger partial charge >= 0.3 is 0 Å². The smallest absolute Gasteiger partial charge is 0.258 e. The molecule has 1 N–H and O–H groups in total. The zero-order valence-corrected chi connectivity index (χ0v) is 19.0. The Labute approximate surface area is 197 Å². The molecule has 0 radical (unpaired) electrons. The number of nitrogens with zero attached hydrogens (tertiary/aromatic N) is 2. The fourth-order valence-corrected chi connectivity index (χ4v) is 3.72. The fourth-order valence-electron chi connectivity index (χ4n) is 3.72. The van der Waals surface area contributed by atoms with Gasteiger partial charge in [0.2, 0.25) is 5.91 Å². The van der Waals surface area contributed by atoms with Crippen LogP contribution in [0, 0.1) is 0 Å². The zero-order chi connectivity index (χ0) is 23.9. The van der Waals surface area contributed by atoms with Crippen LogP contribution in [-0.2, 0) is 17.9 Å². The van der Waals surface area contributed by atoms with E-state index in [2.05, 4.69) is 9.97 Å². The molecule has 172 valence electrons. The lowest BCUT2D eigenvalue weighted by Gasteiger charge is -2.21. The number of rotatable bonds is 8. The third-order valence-corrected chi connectivity index (χ3v) is 5.37. The molecule has 0 unspecified atom stereocenters. The zero-order valence-electron chi connectivity index (χ0n) is 19.0. The topological polar surface area (TPSA) is 84.5 Å². The Kier molecular flexibility index (Phi) is 7.03. The van der Waals surface area contributed by atoms with Gasteiger partial charge in [0.25, 0.3) is 5.56 Å². The number of para-hydroxylation sites is 2. The number of ether oxygens (including phenoxy) is 2. The Hall–Kier alpha value is -4.39. The molecule has 1 aromatic heterocycles. The molecule has 0 aliphatic carbocycles. The number of carbonyl (C=O) groups excluding carboxylic acids is 1. The summed E-state index contributed by atoms with van der Waals surface area (Å²) in [7, 11) is 3.12. The summed E-state index contributed by atoms with van der Waals surface area (Å²) in [5.41, 5.74) is 2.04. The van der Waals surface area contributed by atoms with E-state index in [9.17, 15) is 9.59 Å². The van der Waals surface area contributed by atoms with Crippen molar-refractivity contribution in [1.82, 2.24) is 14.9 Å². The van der Waals surface area contributed by atoms with Crippen molar-refractivity contribution in [3.63, 3.8) is 0 Å². The maximum absolute atomic E-state index is 13.3. The van der Waals surface area contributed by atoms with Crippen molar-refractivity contribution < 1.29 is 14.3 Å². The van der Waals surface area contributed by atoms with Crippen molar-refractivity contribution in [1.29, 1.82) is 0 Å². The van der Waals surface area contributed by atoms with Crippen LogP contribution in [0.3, 0.4) is 0 Å². The average Bonchev–Trinajstić information content (AvgIpc) is 2.87. The van der Waals surface area contributed by atoms with Crippen molar-refractivity contribution in [2.24, 2.45) is 0 Å². The molecule has 1 amide bonds. The molecule has 3 aromatic carbocycles. The molecule has 0 atom stereocenters. The number of fused-ring (bicyclic) bond motifs is 1. The minimum Gasteiger partial charge on any atom is -0.493 e. The van der Waals surface area contributed by atoms with E-state index in [4.69, 9.17) is 9.47 Å². The normalized spacial score (nSPS) is 11.0. The molecule has 0 bridgehead atoms. The number of amides is 1. The van der Waals surface area contributed by atoms with E-state index in [1.165, 1.54) is 6.08 Å². The summed E-state index contributed by atoms with van der Waals surface area (Å²) in [6, 6.07) is 22.3. The number of aromatic nitrogens is 2. The van der Waals surface area contributed by atoms with Crippen LogP contribution in [0.1, 0.15) is 17.0 Å². The highest BCUT2D eigenvalue weighted by molar-refractivity contribution is 5.92. The van der Waals surface area contributed by atoms with Crippen molar-refractivity contribution in [2.75, 3.05) is 14.2 Å². The number of benzene rings is 3. The van der Waals surface area contributed by atoms with E-state index in [1.54, 1.807) is 49.5 Å². The van der Waals surface area contributed by atoms with Crippen molar-refractivity contribution in [2.45, 2.75) is 13.1 Å². The first kappa shape index (κ1) is 22.8. The van der Waals surface area contributed by atoms with Crippen LogP contribution in [0.2, 0.25) is 0 Å². The molecule has 4 aromatic rings. The summed E-state index contributed by atoms with van der Waals surface area (Å²) in [5, 5.41) is 0.511. The summed E-state index contributed by atoms with van der Waals surface area (Å²) in [4.78, 5) is 34.8. The number of nitrogens with one attached hydrogen (secondary N) is 1. The van der Waals surface area contributed by atoms with Gasteiger partial charge in [-0.05, 0) is 29.8 Å². The standard InChI is InChI=1S/C27H25N3O4/c1-33-23-14-8-11-20(26(23)34-2)15-16-25(31)30(17-19-9-4-3-5-10-19)18-24-28-22-13-7-6-12-21(22)27(32)29-24/h3-16H,17-18H2,1-2H3,(H,28,29,32)/b16-15+. The molecule has 0 aliphatic rings. The summed E-state index contributed by atoms with van der Waals surface area (Å²) >= 11 is 0. The SMILES string of the molecule is COc1cccc(/C=C/C(=O)N(Cc2ccccc2)Cc2nc3ccccc3c(=O)[nH]2)c1OC. The third-order valence-electron chi connectivity index (χ3n) is 5.37. The Morgan fingerprint density at radius 3 is 2.47 bits per heavy atom. The van der Waals surface area contributed by atoms with Crippen LogP contribution in [0.4, 0.5) is 0 Å². The van der Waals surface area contributed by atoms with Gasteiger partial charge in [-0.3, -0.25) is 9.59 Å². The molecule has 7 nitrogen and oxygen atoms in total. The highest BCUT2D eigenvalue weighted by Crippen LogP contribution is 2.31. The summed E-state index contributed by atoms with van der Waals surface area (Å²) in [5.74, 6) is 1.31. The molecule has 34 heavy (non-hydrogen) atoms. The highest BCUT2D eigenvalue weighted by Gasteiger charge is 2.15. The van der Waals surface area contributed by atoms with Gasteiger partial charge in [0, 0.05) is 18.2 Å². The first-order valence-corrected chi connectivity index (χ1v) is 10.8. The lowest BCUT2D eigenvalue weighted by atomic mass is 10.1. The molecule has 7 heteroatoms. The Morgan fingerprint density at radius 1 is 0.941 bits per heavy atom. The first-order valence-electron chi connectivity index (χ1n) is 10.8. The second-order valence-electron chi connectivity index (χ2n) is 7.63. The first-order chi connectivity index (χ1) is 16.6. The van der Waals surface area contributed by atoms with Crippen LogP contribution in [-0.4, -0.2) is 35.0 Å². The predicted molar refractivity (Wildman–Crippen MR) is 132 cm³/mol. The van der Waals surface area contributed by atoms with Crippen LogP contribution < -0.4 is 15.0 Å². The Balaban J connectivity index is 1.64. The molecule has 0 saturated heterocycles. The maximum Gasteiger partial charge on any atom is 0.258 e. The van der Waals surface area contributed by atoms with Crippen molar-refractivity contribution >= 4 is 22.9 Å². The van der Waals surface area contributed by atoms with Gasteiger partial charge in [-0.2, -0.15) is 0 Å². The van der Waals surface area contributed by atoms with E-state index < -0.39 is 0 Å². The van der Waals surface area contributed by atoms with E-state index in [0.29, 0.717) is 40.3 Å². The molecule has 1 heterocycles. The Morgan fingerprint density at radius 2 is 1.71 bits per heavy atom. The molecule has 0 saturated carbocycles. The largest absolute Gasteiger partial charge is 0.493 e.